The normalized spacial score (nSPS) is 11.3. The largest absolute Gasteiger partial charge is 1.00 e. The molecular weight excluding hydrogens is 287 g/mol. The molecule has 0 saturated heterocycles. The minimum Gasteiger partial charge on any atom is -0.744 e. The van der Waals surface area contributed by atoms with Gasteiger partial charge in [-0.15, -0.1) is 0 Å². The molecule has 0 spiro atoms. The SMILES string of the molecule is CCc1cccc2cc(S(=O)(=O)[O-])cc(CC)c12.[K+]. The number of benzene rings is 2. The molecule has 0 aliphatic heterocycles. The summed E-state index contributed by atoms with van der Waals surface area (Å²) in [6.07, 6.45) is 1.59. The summed E-state index contributed by atoms with van der Waals surface area (Å²) in [7, 11) is -4.40. The van der Waals surface area contributed by atoms with Crippen LogP contribution in [0.25, 0.3) is 10.8 Å². The van der Waals surface area contributed by atoms with Gasteiger partial charge in [-0.05, 0) is 46.9 Å². The van der Waals surface area contributed by atoms with Crippen LogP contribution in [0.3, 0.4) is 0 Å². The number of rotatable bonds is 3. The number of fused-ring (bicyclic) bond motifs is 1. The quantitative estimate of drug-likeness (QED) is 0.586. The minimum atomic E-state index is -4.40. The molecule has 2 aromatic rings. The van der Waals surface area contributed by atoms with Crippen molar-refractivity contribution in [3.8, 4) is 0 Å². The Hall–Kier alpha value is 0.246. The molecule has 5 heteroatoms. The standard InChI is InChI=1S/C14H16O3S.K/c1-3-10-6-5-7-12-9-13(18(15,16)17)8-11(4-2)14(10)12;/h5-9H,3-4H2,1-2H3,(H,15,16,17);/q;+1/p-1. The summed E-state index contributed by atoms with van der Waals surface area (Å²) < 4.78 is 33.4. The zero-order chi connectivity index (χ0) is 13.3. The third-order valence-corrected chi connectivity index (χ3v) is 3.98. The van der Waals surface area contributed by atoms with Crippen LogP contribution in [-0.2, 0) is 23.0 Å². The van der Waals surface area contributed by atoms with Crippen LogP contribution in [0.4, 0.5) is 0 Å². The van der Waals surface area contributed by atoms with E-state index >= 15 is 0 Å². The van der Waals surface area contributed by atoms with E-state index in [0.29, 0.717) is 6.42 Å². The fourth-order valence-corrected chi connectivity index (χ4v) is 2.85. The van der Waals surface area contributed by atoms with Crippen LogP contribution >= 0.6 is 0 Å². The molecule has 0 atom stereocenters. The molecule has 0 N–H and O–H groups in total. The van der Waals surface area contributed by atoms with E-state index < -0.39 is 10.1 Å². The third-order valence-electron chi connectivity index (χ3n) is 3.17. The maximum atomic E-state index is 11.1. The van der Waals surface area contributed by atoms with Crippen molar-refractivity contribution in [3.05, 3.63) is 41.5 Å². The van der Waals surface area contributed by atoms with Crippen LogP contribution in [0, 0.1) is 0 Å². The summed E-state index contributed by atoms with van der Waals surface area (Å²) in [4.78, 5) is -0.139. The van der Waals surface area contributed by atoms with Crippen molar-refractivity contribution in [2.45, 2.75) is 31.6 Å². The van der Waals surface area contributed by atoms with Gasteiger partial charge in [-0.1, -0.05) is 32.0 Å². The number of hydrogen-bond donors (Lipinski definition) is 0. The average molecular weight is 302 g/mol. The van der Waals surface area contributed by atoms with Crippen LogP contribution in [0.15, 0.2) is 35.2 Å². The third kappa shape index (κ3) is 3.67. The molecule has 0 aromatic heterocycles. The Kier molecular flexibility index (Phi) is 6.19. The van der Waals surface area contributed by atoms with Crippen LogP contribution in [0.1, 0.15) is 25.0 Å². The molecule has 3 nitrogen and oxygen atoms in total. The molecule has 0 aliphatic rings. The molecule has 96 valence electrons. The van der Waals surface area contributed by atoms with E-state index in [9.17, 15) is 13.0 Å². The van der Waals surface area contributed by atoms with E-state index in [0.717, 1.165) is 22.8 Å². The van der Waals surface area contributed by atoms with Gasteiger partial charge in [0.25, 0.3) is 0 Å². The van der Waals surface area contributed by atoms with Crippen molar-refractivity contribution >= 4 is 20.9 Å². The summed E-state index contributed by atoms with van der Waals surface area (Å²) in [5.41, 5.74) is 2.10. The Bertz CT molecular complexity index is 693. The topological polar surface area (TPSA) is 57.2 Å². The monoisotopic (exact) mass is 302 g/mol. The zero-order valence-electron chi connectivity index (χ0n) is 11.4. The maximum absolute atomic E-state index is 11.1. The smallest absolute Gasteiger partial charge is 0.744 e. The fraction of sp³-hybridized carbons (Fsp3) is 0.286. The van der Waals surface area contributed by atoms with Crippen LogP contribution < -0.4 is 51.4 Å². The predicted molar refractivity (Wildman–Crippen MR) is 70.7 cm³/mol. The van der Waals surface area contributed by atoms with Gasteiger partial charge in [-0.3, -0.25) is 0 Å². The van der Waals surface area contributed by atoms with Gasteiger partial charge in [-0.25, -0.2) is 8.42 Å². The van der Waals surface area contributed by atoms with Crippen molar-refractivity contribution in [3.63, 3.8) is 0 Å². The molecule has 0 bridgehead atoms. The molecule has 0 radical (unpaired) electrons. The van der Waals surface area contributed by atoms with Gasteiger partial charge in [-0.2, -0.15) is 0 Å². The van der Waals surface area contributed by atoms with E-state index in [1.807, 2.05) is 25.1 Å². The summed E-state index contributed by atoms with van der Waals surface area (Å²) in [5, 5.41) is 1.90. The first kappa shape index (κ1) is 17.3. The summed E-state index contributed by atoms with van der Waals surface area (Å²) in [5.74, 6) is 0. The van der Waals surface area contributed by atoms with Gasteiger partial charge in [0, 0.05) is 0 Å². The number of hydrogen-bond acceptors (Lipinski definition) is 3. The Morgan fingerprint density at radius 2 is 1.68 bits per heavy atom. The van der Waals surface area contributed by atoms with Crippen molar-refractivity contribution in [1.29, 1.82) is 0 Å². The molecular formula is C14H15KO3S. The second kappa shape index (κ2) is 6.80. The van der Waals surface area contributed by atoms with Gasteiger partial charge < -0.3 is 4.55 Å². The molecule has 0 saturated carbocycles. The second-order valence-electron chi connectivity index (χ2n) is 4.26. The molecule has 0 heterocycles. The Labute approximate surface area is 156 Å². The van der Waals surface area contributed by atoms with Crippen molar-refractivity contribution in [1.82, 2.24) is 0 Å². The zero-order valence-corrected chi connectivity index (χ0v) is 15.4. The summed E-state index contributed by atoms with van der Waals surface area (Å²) >= 11 is 0. The van der Waals surface area contributed by atoms with E-state index in [2.05, 4.69) is 6.92 Å². The second-order valence-corrected chi connectivity index (χ2v) is 5.64. The van der Waals surface area contributed by atoms with E-state index in [1.54, 1.807) is 0 Å². The Morgan fingerprint density at radius 1 is 1.05 bits per heavy atom. The predicted octanol–water partition coefficient (Wildman–Crippen LogP) is -0.127. The molecule has 0 fully saturated rings. The molecule has 19 heavy (non-hydrogen) atoms. The molecule has 2 rings (SSSR count). The average Bonchev–Trinajstić information content (AvgIpc) is 2.35. The summed E-state index contributed by atoms with van der Waals surface area (Å²) in [6.45, 7) is 4.02. The molecule has 0 unspecified atom stereocenters. The van der Waals surface area contributed by atoms with Crippen LogP contribution in [-0.4, -0.2) is 13.0 Å². The first-order chi connectivity index (χ1) is 8.47. The first-order valence-electron chi connectivity index (χ1n) is 5.97. The minimum absolute atomic E-state index is 0. The van der Waals surface area contributed by atoms with Crippen molar-refractivity contribution in [2.75, 3.05) is 0 Å². The Morgan fingerprint density at radius 3 is 2.21 bits per heavy atom. The van der Waals surface area contributed by atoms with Gasteiger partial charge >= 0.3 is 51.4 Å². The van der Waals surface area contributed by atoms with E-state index in [4.69, 9.17) is 0 Å². The van der Waals surface area contributed by atoms with E-state index in [-0.39, 0.29) is 56.3 Å². The van der Waals surface area contributed by atoms with Crippen LogP contribution in [0.2, 0.25) is 0 Å². The fourth-order valence-electron chi connectivity index (χ4n) is 2.29. The Balaban J connectivity index is 0.00000180. The van der Waals surface area contributed by atoms with Crippen LogP contribution in [0.5, 0.6) is 0 Å². The van der Waals surface area contributed by atoms with E-state index in [1.165, 1.54) is 17.7 Å². The van der Waals surface area contributed by atoms with Crippen molar-refractivity contribution < 1.29 is 64.4 Å². The molecule has 0 aliphatic carbocycles. The maximum Gasteiger partial charge on any atom is 1.00 e. The molecule has 2 aromatic carbocycles. The van der Waals surface area contributed by atoms with Gasteiger partial charge in [0.15, 0.2) is 0 Å². The number of aryl methyl sites for hydroxylation is 2. The van der Waals surface area contributed by atoms with Gasteiger partial charge in [0.1, 0.15) is 10.1 Å². The van der Waals surface area contributed by atoms with Gasteiger partial charge in [0.05, 0.1) is 4.90 Å². The van der Waals surface area contributed by atoms with Gasteiger partial charge in [0.2, 0.25) is 0 Å². The first-order valence-corrected chi connectivity index (χ1v) is 7.38. The molecule has 0 amide bonds. The van der Waals surface area contributed by atoms with Crippen molar-refractivity contribution in [2.24, 2.45) is 0 Å². The summed E-state index contributed by atoms with van der Waals surface area (Å²) in [6, 6.07) is 8.75.